The van der Waals surface area contributed by atoms with Crippen LogP contribution in [0.1, 0.15) is 17.3 Å². The first-order chi connectivity index (χ1) is 9.08. The third-order valence-electron chi connectivity index (χ3n) is 2.54. The van der Waals surface area contributed by atoms with E-state index >= 15 is 0 Å². The molecular formula is C13H11Br2NO3. The Morgan fingerprint density at radius 1 is 1.37 bits per heavy atom. The zero-order chi connectivity index (χ0) is 14.0. The number of aromatic nitrogens is 1. The lowest BCUT2D eigenvalue weighted by Gasteiger charge is -2.12. The number of ether oxygens (including phenoxy) is 2. The number of hydrogen-bond donors (Lipinski definition) is 0. The molecule has 0 aliphatic rings. The van der Waals surface area contributed by atoms with E-state index in [2.05, 4.69) is 36.8 Å². The highest BCUT2D eigenvalue weighted by Gasteiger charge is 2.19. The minimum Gasteiger partial charge on any atom is -0.494 e. The molecule has 19 heavy (non-hydrogen) atoms. The van der Waals surface area contributed by atoms with Gasteiger partial charge in [0, 0.05) is 20.5 Å². The summed E-state index contributed by atoms with van der Waals surface area (Å²) in [5.41, 5.74) is 0.974. The van der Waals surface area contributed by atoms with E-state index in [0.29, 0.717) is 23.4 Å². The van der Waals surface area contributed by atoms with Crippen molar-refractivity contribution in [3.05, 3.63) is 32.8 Å². The zero-order valence-corrected chi connectivity index (χ0v) is 13.5. The van der Waals surface area contributed by atoms with Crippen LogP contribution in [0.4, 0.5) is 0 Å². The average Bonchev–Trinajstić information content (AvgIpc) is 2.39. The van der Waals surface area contributed by atoms with Gasteiger partial charge in [0.15, 0.2) is 5.75 Å². The normalized spacial score (nSPS) is 10.5. The van der Waals surface area contributed by atoms with Gasteiger partial charge in [-0.2, -0.15) is 0 Å². The molecule has 0 saturated heterocycles. The second-order valence-corrected chi connectivity index (χ2v) is 5.48. The van der Waals surface area contributed by atoms with Crippen LogP contribution in [0.25, 0.3) is 10.9 Å². The van der Waals surface area contributed by atoms with Crippen molar-refractivity contribution in [2.75, 3.05) is 13.7 Å². The van der Waals surface area contributed by atoms with E-state index in [4.69, 9.17) is 9.47 Å². The van der Waals surface area contributed by atoms with Gasteiger partial charge in [0.25, 0.3) is 0 Å². The molecule has 1 heterocycles. The first kappa shape index (κ1) is 14.3. The Morgan fingerprint density at radius 2 is 2.11 bits per heavy atom. The Morgan fingerprint density at radius 3 is 2.74 bits per heavy atom. The second kappa shape index (κ2) is 5.88. The summed E-state index contributed by atoms with van der Waals surface area (Å²) in [6.45, 7) is 2.07. The number of methoxy groups -OCH3 is 1. The molecule has 6 heteroatoms. The molecule has 100 valence electrons. The molecule has 0 radical (unpaired) electrons. The number of rotatable bonds is 3. The summed E-state index contributed by atoms with van der Waals surface area (Å²) in [4.78, 5) is 16.2. The second-order valence-electron chi connectivity index (χ2n) is 3.71. The van der Waals surface area contributed by atoms with Crippen LogP contribution in [0.15, 0.2) is 27.3 Å². The maximum Gasteiger partial charge on any atom is 0.342 e. The Kier molecular flexibility index (Phi) is 4.42. The van der Waals surface area contributed by atoms with Gasteiger partial charge < -0.3 is 9.47 Å². The highest BCUT2D eigenvalue weighted by atomic mass is 79.9. The third kappa shape index (κ3) is 2.74. The van der Waals surface area contributed by atoms with Gasteiger partial charge in [-0.3, -0.25) is 4.98 Å². The highest BCUT2D eigenvalue weighted by molar-refractivity contribution is 9.11. The quantitative estimate of drug-likeness (QED) is 0.747. The SMILES string of the molecule is CCOC(=O)c1cc(Br)c2cc(Br)cnc2c1OC. The van der Waals surface area contributed by atoms with Gasteiger partial charge in [0.05, 0.1) is 13.7 Å². The zero-order valence-electron chi connectivity index (χ0n) is 10.4. The molecule has 0 N–H and O–H groups in total. The fourth-order valence-electron chi connectivity index (χ4n) is 1.77. The number of hydrogen-bond acceptors (Lipinski definition) is 4. The smallest absolute Gasteiger partial charge is 0.342 e. The van der Waals surface area contributed by atoms with Gasteiger partial charge in [-0.05, 0) is 35.0 Å². The maximum absolute atomic E-state index is 11.9. The summed E-state index contributed by atoms with van der Waals surface area (Å²) >= 11 is 6.81. The molecule has 0 atom stereocenters. The number of halogens is 2. The largest absolute Gasteiger partial charge is 0.494 e. The molecule has 0 saturated carbocycles. The molecule has 0 fully saturated rings. The van der Waals surface area contributed by atoms with Crippen LogP contribution in [0, 0.1) is 0 Å². The standard InChI is InChI=1S/C13H11Br2NO3/c1-3-19-13(17)9-5-10(15)8-4-7(14)6-16-11(8)12(9)18-2/h4-6H,3H2,1-2H3. The summed E-state index contributed by atoms with van der Waals surface area (Å²) in [5.74, 6) is -0.00387. The van der Waals surface area contributed by atoms with Gasteiger partial charge in [0.2, 0.25) is 0 Å². The van der Waals surface area contributed by atoms with Crippen molar-refractivity contribution in [2.45, 2.75) is 6.92 Å². The van der Waals surface area contributed by atoms with Crippen molar-refractivity contribution < 1.29 is 14.3 Å². The number of nitrogens with zero attached hydrogens (tertiary/aromatic N) is 1. The minimum absolute atomic E-state index is 0.311. The van der Waals surface area contributed by atoms with E-state index in [1.807, 2.05) is 6.07 Å². The van der Waals surface area contributed by atoms with Crippen molar-refractivity contribution in [1.82, 2.24) is 4.98 Å². The Balaban J connectivity index is 2.73. The van der Waals surface area contributed by atoms with Gasteiger partial charge in [0.1, 0.15) is 11.1 Å². The van der Waals surface area contributed by atoms with E-state index in [1.165, 1.54) is 7.11 Å². The molecule has 1 aromatic heterocycles. The van der Waals surface area contributed by atoms with Crippen molar-refractivity contribution in [3.8, 4) is 5.75 Å². The van der Waals surface area contributed by atoms with E-state index in [-0.39, 0.29) is 0 Å². The summed E-state index contributed by atoms with van der Waals surface area (Å²) in [6, 6.07) is 3.59. The monoisotopic (exact) mass is 387 g/mol. The van der Waals surface area contributed by atoms with E-state index in [1.54, 1.807) is 19.2 Å². The molecule has 0 aliphatic heterocycles. The lowest BCUT2D eigenvalue weighted by atomic mass is 10.1. The number of esters is 1. The van der Waals surface area contributed by atoms with Gasteiger partial charge >= 0.3 is 5.97 Å². The predicted octanol–water partition coefficient (Wildman–Crippen LogP) is 3.95. The molecule has 0 aliphatic carbocycles. The predicted molar refractivity (Wildman–Crippen MR) is 79.7 cm³/mol. The first-order valence-corrected chi connectivity index (χ1v) is 7.16. The fourth-order valence-corrected chi connectivity index (χ4v) is 2.63. The van der Waals surface area contributed by atoms with Crippen LogP contribution >= 0.6 is 31.9 Å². The minimum atomic E-state index is -0.424. The van der Waals surface area contributed by atoms with Crippen LogP contribution in [0.5, 0.6) is 5.75 Å². The molecule has 0 bridgehead atoms. The molecule has 2 aromatic rings. The van der Waals surface area contributed by atoms with Crippen LogP contribution in [-0.4, -0.2) is 24.7 Å². The number of pyridine rings is 1. The summed E-state index contributed by atoms with van der Waals surface area (Å²) in [5, 5.41) is 0.860. The number of carbonyl (C=O) groups is 1. The van der Waals surface area contributed by atoms with Crippen LogP contribution in [-0.2, 0) is 4.74 Å². The Bertz CT molecular complexity index is 643. The molecule has 4 nitrogen and oxygen atoms in total. The molecule has 0 amide bonds. The Hall–Kier alpha value is -1.14. The van der Waals surface area contributed by atoms with Crippen molar-refractivity contribution >= 4 is 48.7 Å². The average molecular weight is 389 g/mol. The van der Waals surface area contributed by atoms with Crippen LogP contribution in [0.3, 0.4) is 0 Å². The summed E-state index contributed by atoms with van der Waals surface area (Å²) in [6.07, 6.45) is 1.66. The van der Waals surface area contributed by atoms with Crippen molar-refractivity contribution in [2.24, 2.45) is 0 Å². The third-order valence-corrected chi connectivity index (χ3v) is 3.63. The molecule has 2 rings (SSSR count). The number of carbonyl (C=O) groups excluding carboxylic acids is 1. The van der Waals surface area contributed by atoms with Gasteiger partial charge in [-0.1, -0.05) is 15.9 Å². The highest BCUT2D eigenvalue weighted by Crippen LogP contribution is 2.35. The molecule has 0 unspecified atom stereocenters. The fraction of sp³-hybridized carbons (Fsp3) is 0.231. The lowest BCUT2D eigenvalue weighted by molar-refractivity contribution is 0.0523. The topological polar surface area (TPSA) is 48.4 Å². The van der Waals surface area contributed by atoms with E-state index in [0.717, 1.165) is 14.3 Å². The van der Waals surface area contributed by atoms with Crippen LogP contribution < -0.4 is 4.74 Å². The van der Waals surface area contributed by atoms with Crippen LogP contribution in [0.2, 0.25) is 0 Å². The van der Waals surface area contributed by atoms with Crippen molar-refractivity contribution in [3.63, 3.8) is 0 Å². The van der Waals surface area contributed by atoms with Crippen molar-refractivity contribution in [1.29, 1.82) is 0 Å². The maximum atomic E-state index is 11.9. The number of fused-ring (bicyclic) bond motifs is 1. The Labute approximate surface area is 127 Å². The van der Waals surface area contributed by atoms with E-state index in [9.17, 15) is 4.79 Å². The number of benzene rings is 1. The molecular weight excluding hydrogens is 378 g/mol. The lowest BCUT2D eigenvalue weighted by Crippen LogP contribution is -2.07. The summed E-state index contributed by atoms with van der Waals surface area (Å²) in [7, 11) is 1.51. The van der Waals surface area contributed by atoms with Gasteiger partial charge in [-0.15, -0.1) is 0 Å². The molecule has 0 spiro atoms. The first-order valence-electron chi connectivity index (χ1n) is 5.57. The van der Waals surface area contributed by atoms with E-state index < -0.39 is 5.97 Å². The summed E-state index contributed by atoms with van der Waals surface area (Å²) < 4.78 is 12.0. The molecule has 1 aromatic carbocycles. The van der Waals surface area contributed by atoms with Gasteiger partial charge in [-0.25, -0.2) is 4.79 Å².